The van der Waals surface area contributed by atoms with Crippen molar-refractivity contribution in [3.8, 4) is 17.2 Å². The van der Waals surface area contributed by atoms with Crippen LogP contribution in [0.1, 0.15) is 63.1 Å². The zero-order valence-corrected chi connectivity index (χ0v) is 18.9. The highest BCUT2D eigenvalue weighted by Gasteiger charge is 2.28. The molecule has 3 aromatic rings. The third-order valence-corrected chi connectivity index (χ3v) is 6.15. The van der Waals surface area contributed by atoms with E-state index in [1.807, 2.05) is 31.2 Å². The first-order chi connectivity index (χ1) is 15.3. The minimum absolute atomic E-state index is 0.170. The lowest BCUT2D eigenvalue weighted by Crippen LogP contribution is -2.43. The molecule has 6 nitrogen and oxygen atoms in total. The molecular formula is C26H31N3O3. The summed E-state index contributed by atoms with van der Waals surface area (Å²) in [6.45, 7) is 6.29. The monoisotopic (exact) mass is 433 g/mol. The molecule has 1 unspecified atom stereocenters. The van der Waals surface area contributed by atoms with Crippen LogP contribution in [-0.2, 0) is 5.41 Å². The standard InChI is InChI=1S/C26H31N3O3/c1-4-24(30)25-28-15-23(16-29-25)32-21-11-7-18(8-12-21)26(2,3)17-5-9-20(10-6-17)31-22-13-19(27)14-22/h5-12,15-16,19,22,24,30H,4,13-14,27H2,1-3H3. The number of nitrogens with two attached hydrogens (primary N) is 1. The van der Waals surface area contributed by atoms with Crippen LogP contribution in [0.3, 0.4) is 0 Å². The van der Waals surface area contributed by atoms with Gasteiger partial charge >= 0.3 is 0 Å². The smallest absolute Gasteiger partial charge is 0.164 e. The average molecular weight is 434 g/mol. The number of aromatic nitrogens is 2. The van der Waals surface area contributed by atoms with Crippen LogP contribution in [0, 0.1) is 0 Å². The predicted octanol–water partition coefficient (Wildman–Crippen LogP) is 4.91. The van der Waals surface area contributed by atoms with Crippen LogP contribution >= 0.6 is 0 Å². The molecule has 1 heterocycles. The summed E-state index contributed by atoms with van der Waals surface area (Å²) in [7, 11) is 0. The fraction of sp³-hybridized carbons (Fsp3) is 0.385. The number of rotatable bonds is 8. The fourth-order valence-electron chi connectivity index (χ4n) is 3.82. The second-order valence-electron chi connectivity index (χ2n) is 8.95. The van der Waals surface area contributed by atoms with Gasteiger partial charge in [0.15, 0.2) is 11.6 Å². The molecule has 1 fully saturated rings. The van der Waals surface area contributed by atoms with Crippen molar-refractivity contribution < 1.29 is 14.6 Å². The maximum atomic E-state index is 9.81. The lowest BCUT2D eigenvalue weighted by molar-refractivity contribution is 0.101. The molecule has 0 spiro atoms. The number of aliphatic hydroxyl groups is 1. The molecule has 6 heteroatoms. The Morgan fingerprint density at radius 1 is 0.938 bits per heavy atom. The van der Waals surface area contributed by atoms with E-state index in [1.54, 1.807) is 12.4 Å². The van der Waals surface area contributed by atoms with Crippen molar-refractivity contribution in [2.24, 2.45) is 5.73 Å². The average Bonchev–Trinajstić information content (AvgIpc) is 2.79. The minimum Gasteiger partial charge on any atom is -0.490 e. The Morgan fingerprint density at radius 2 is 1.47 bits per heavy atom. The van der Waals surface area contributed by atoms with E-state index in [-0.39, 0.29) is 17.6 Å². The highest BCUT2D eigenvalue weighted by Crippen LogP contribution is 2.34. The first kappa shape index (κ1) is 22.2. The first-order valence-corrected chi connectivity index (χ1v) is 11.2. The Labute approximate surface area is 189 Å². The molecule has 0 radical (unpaired) electrons. The first-order valence-electron chi connectivity index (χ1n) is 11.2. The molecule has 2 aromatic carbocycles. The van der Waals surface area contributed by atoms with Crippen molar-refractivity contribution in [3.63, 3.8) is 0 Å². The Bertz CT molecular complexity index is 1010. The quantitative estimate of drug-likeness (QED) is 0.525. The van der Waals surface area contributed by atoms with Crippen LogP contribution < -0.4 is 15.2 Å². The summed E-state index contributed by atoms with van der Waals surface area (Å²) in [5.74, 6) is 2.54. The summed E-state index contributed by atoms with van der Waals surface area (Å²) in [6, 6.07) is 16.7. The van der Waals surface area contributed by atoms with Crippen molar-refractivity contribution in [1.29, 1.82) is 0 Å². The molecule has 1 saturated carbocycles. The Kier molecular flexibility index (Phi) is 6.44. The summed E-state index contributed by atoms with van der Waals surface area (Å²) in [6.07, 6.45) is 5.19. The Hall–Kier alpha value is -2.96. The zero-order chi connectivity index (χ0) is 22.7. The zero-order valence-electron chi connectivity index (χ0n) is 18.9. The maximum absolute atomic E-state index is 9.81. The third kappa shape index (κ3) is 4.92. The topological polar surface area (TPSA) is 90.5 Å². The van der Waals surface area contributed by atoms with Crippen LogP contribution in [0.15, 0.2) is 60.9 Å². The Morgan fingerprint density at radius 3 is 1.97 bits per heavy atom. The summed E-state index contributed by atoms with van der Waals surface area (Å²) in [5, 5.41) is 9.81. The third-order valence-electron chi connectivity index (χ3n) is 6.15. The second kappa shape index (κ2) is 9.27. The molecule has 0 bridgehead atoms. The molecule has 3 N–H and O–H groups in total. The van der Waals surface area contributed by atoms with E-state index in [0.717, 1.165) is 18.6 Å². The largest absolute Gasteiger partial charge is 0.490 e. The van der Waals surface area contributed by atoms with Crippen LogP contribution in [0.5, 0.6) is 17.2 Å². The van der Waals surface area contributed by atoms with Gasteiger partial charge in [-0.25, -0.2) is 9.97 Å². The van der Waals surface area contributed by atoms with Crippen molar-refractivity contribution >= 4 is 0 Å². The highest BCUT2D eigenvalue weighted by atomic mass is 16.5. The summed E-state index contributed by atoms with van der Waals surface area (Å²) in [4.78, 5) is 8.35. The van der Waals surface area contributed by atoms with Crippen molar-refractivity contribution in [2.75, 3.05) is 0 Å². The van der Waals surface area contributed by atoms with Gasteiger partial charge in [0.1, 0.15) is 23.7 Å². The van der Waals surface area contributed by atoms with Crippen LogP contribution in [0.4, 0.5) is 0 Å². The molecule has 1 atom stereocenters. The van der Waals surface area contributed by atoms with E-state index in [9.17, 15) is 5.11 Å². The van der Waals surface area contributed by atoms with Gasteiger partial charge in [0.25, 0.3) is 0 Å². The van der Waals surface area contributed by atoms with E-state index < -0.39 is 6.10 Å². The lowest BCUT2D eigenvalue weighted by atomic mass is 9.78. The number of ether oxygens (including phenoxy) is 2. The van der Waals surface area contributed by atoms with Gasteiger partial charge in [0, 0.05) is 11.5 Å². The fourth-order valence-corrected chi connectivity index (χ4v) is 3.82. The molecule has 1 aliphatic carbocycles. The van der Waals surface area contributed by atoms with E-state index >= 15 is 0 Å². The molecule has 32 heavy (non-hydrogen) atoms. The van der Waals surface area contributed by atoms with Gasteiger partial charge in [-0.2, -0.15) is 0 Å². The van der Waals surface area contributed by atoms with Crippen LogP contribution in [0.25, 0.3) is 0 Å². The van der Waals surface area contributed by atoms with E-state index in [1.165, 1.54) is 11.1 Å². The molecule has 0 saturated heterocycles. The second-order valence-corrected chi connectivity index (χ2v) is 8.95. The number of aliphatic hydroxyl groups excluding tert-OH is 1. The minimum atomic E-state index is -0.650. The maximum Gasteiger partial charge on any atom is 0.164 e. The van der Waals surface area contributed by atoms with Gasteiger partial charge in [0.05, 0.1) is 12.4 Å². The van der Waals surface area contributed by atoms with Crippen molar-refractivity contribution in [3.05, 3.63) is 77.9 Å². The molecule has 0 amide bonds. The van der Waals surface area contributed by atoms with Gasteiger partial charge in [0.2, 0.25) is 0 Å². The van der Waals surface area contributed by atoms with Crippen LogP contribution in [0.2, 0.25) is 0 Å². The molecular weight excluding hydrogens is 402 g/mol. The molecule has 4 rings (SSSR count). The molecule has 1 aliphatic rings. The Balaban J connectivity index is 1.41. The molecule has 1 aromatic heterocycles. The number of benzene rings is 2. The van der Waals surface area contributed by atoms with Crippen molar-refractivity contribution in [1.82, 2.24) is 9.97 Å². The van der Waals surface area contributed by atoms with E-state index in [2.05, 4.69) is 48.1 Å². The number of hydrogen-bond donors (Lipinski definition) is 2. The van der Waals surface area contributed by atoms with Gasteiger partial charge in [-0.3, -0.25) is 0 Å². The van der Waals surface area contributed by atoms with Crippen molar-refractivity contribution in [2.45, 2.75) is 63.7 Å². The summed E-state index contributed by atoms with van der Waals surface area (Å²) < 4.78 is 11.8. The SMILES string of the molecule is CCC(O)c1ncc(Oc2ccc(C(C)(C)c3ccc(OC4CC(N)C4)cc3)cc2)cn1. The molecule has 168 valence electrons. The van der Waals surface area contributed by atoms with Gasteiger partial charge in [-0.1, -0.05) is 45.0 Å². The number of nitrogens with zero attached hydrogens (tertiary/aromatic N) is 2. The lowest BCUT2D eigenvalue weighted by Gasteiger charge is -2.33. The highest BCUT2D eigenvalue weighted by molar-refractivity contribution is 5.42. The van der Waals surface area contributed by atoms with Gasteiger partial charge in [-0.05, 0) is 54.7 Å². The van der Waals surface area contributed by atoms with E-state index in [4.69, 9.17) is 15.2 Å². The summed E-state index contributed by atoms with van der Waals surface area (Å²) in [5.41, 5.74) is 8.06. The summed E-state index contributed by atoms with van der Waals surface area (Å²) >= 11 is 0. The van der Waals surface area contributed by atoms with Crippen LogP contribution in [-0.4, -0.2) is 27.2 Å². The molecule has 0 aliphatic heterocycles. The van der Waals surface area contributed by atoms with E-state index in [0.29, 0.717) is 23.7 Å². The predicted molar refractivity (Wildman–Crippen MR) is 124 cm³/mol. The van der Waals surface area contributed by atoms with Gasteiger partial charge < -0.3 is 20.3 Å². The normalized spacial score (nSPS) is 19.2. The van der Waals surface area contributed by atoms with Gasteiger partial charge in [-0.15, -0.1) is 0 Å². The number of hydrogen-bond acceptors (Lipinski definition) is 6.